The molecule has 0 aliphatic heterocycles. The zero-order valence-electron chi connectivity index (χ0n) is 19.6. The first kappa shape index (κ1) is 24.6. The molecule has 0 saturated carbocycles. The molecule has 5 rings (SSSR count). The molecule has 0 unspecified atom stereocenters. The van der Waals surface area contributed by atoms with E-state index in [0.29, 0.717) is 21.5 Å². The summed E-state index contributed by atoms with van der Waals surface area (Å²) in [7, 11) is -4.50. The van der Waals surface area contributed by atoms with E-state index >= 15 is 0 Å². The molecule has 0 saturated heterocycles. The fraction of sp³-hybridized carbons (Fsp3) is 0.0357. The normalized spacial score (nSPS) is 11.9. The van der Waals surface area contributed by atoms with Crippen molar-refractivity contribution in [2.24, 2.45) is 10.2 Å². The minimum absolute atomic E-state index is 0.124. The Kier molecular flexibility index (Phi) is 6.47. The predicted molar refractivity (Wildman–Crippen MR) is 147 cm³/mol. The Morgan fingerprint density at radius 2 is 1.59 bits per heavy atom. The number of rotatable bonds is 5. The van der Waals surface area contributed by atoms with E-state index in [9.17, 15) is 13.0 Å². The zero-order chi connectivity index (χ0) is 26.2. The van der Waals surface area contributed by atoms with Crippen molar-refractivity contribution in [3.8, 4) is 22.4 Å². The predicted octanol–water partition coefficient (Wildman–Crippen LogP) is 7.77. The second-order valence-electron chi connectivity index (χ2n) is 8.49. The number of azo groups is 1. The zero-order valence-corrected chi connectivity index (χ0v) is 21.2. The number of benzene rings is 4. The van der Waals surface area contributed by atoms with Crippen LogP contribution in [0.2, 0.25) is 5.02 Å². The first-order valence-electron chi connectivity index (χ1n) is 11.2. The summed E-state index contributed by atoms with van der Waals surface area (Å²) in [5, 5.41) is 9.79. The molecular formula is C28H21ClN4O3S. The lowest BCUT2D eigenvalue weighted by atomic mass is 9.95. The minimum Gasteiger partial charge on any atom is -0.396 e. The van der Waals surface area contributed by atoms with E-state index in [1.807, 2.05) is 43.3 Å². The molecule has 3 N–H and O–H groups in total. The number of nitrogens with zero attached hydrogens (tertiary/aromatic N) is 3. The largest absolute Gasteiger partial charge is 0.396 e. The van der Waals surface area contributed by atoms with Crippen LogP contribution >= 0.6 is 11.6 Å². The average molecular weight is 529 g/mol. The number of hydrogen-bond donors (Lipinski definition) is 2. The number of pyridine rings is 1. The quantitative estimate of drug-likeness (QED) is 0.137. The molecule has 0 spiro atoms. The van der Waals surface area contributed by atoms with Crippen molar-refractivity contribution < 1.29 is 13.0 Å². The second-order valence-corrected chi connectivity index (χ2v) is 10.3. The molecule has 184 valence electrons. The summed E-state index contributed by atoms with van der Waals surface area (Å²) in [5.74, 6) is 0. The van der Waals surface area contributed by atoms with Crippen molar-refractivity contribution in [2.75, 3.05) is 5.73 Å². The summed E-state index contributed by atoms with van der Waals surface area (Å²) in [5.41, 5.74) is 11.9. The van der Waals surface area contributed by atoms with Gasteiger partial charge < -0.3 is 5.73 Å². The molecule has 0 atom stereocenters. The van der Waals surface area contributed by atoms with Crippen LogP contribution in [0.5, 0.6) is 0 Å². The van der Waals surface area contributed by atoms with Crippen molar-refractivity contribution >= 4 is 49.6 Å². The van der Waals surface area contributed by atoms with Gasteiger partial charge in [-0.25, -0.2) is 0 Å². The van der Waals surface area contributed by atoms with E-state index in [1.54, 1.807) is 36.5 Å². The number of fused-ring (bicyclic) bond motifs is 1. The van der Waals surface area contributed by atoms with E-state index in [-0.39, 0.29) is 16.3 Å². The maximum atomic E-state index is 12.0. The van der Waals surface area contributed by atoms with Crippen LogP contribution in [0.1, 0.15) is 5.56 Å². The average Bonchev–Trinajstić information content (AvgIpc) is 2.88. The van der Waals surface area contributed by atoms with Gasteiger partial charge in [0.2, 0.25) is 0 Å². The SMILES string of the molecule is Cc1ccc(-c2ccc(Cl)cc2)c(-c2ccc(/N=N/c3cc(S(=O)(=O)O)c4ccccc4c3N)cn2)c1. The number of anilines is 1. The summed E-state index contributed by atoms with van der Waals surface area (Å²) in [6, 6.07) is 25.2. The molecule has 1 heterocycles. The van der Waals surface area contributed by atoms with E-state index in [1.165, 1.54) is 6.07 Å². The molecule has 0 aliphatic carbocycles. The van der Waals surface area contributed by atoms with E-state index < -0.39 is 10.1 Å². The highest BCUT2D eigenvalue weighted by molar-refractivity contribution is 7.86. The van der Waals surface area contributed by atoms with E-state index in [2.05, 4.69) is 27.3 Å². The van der Waals surface area contributed by atoms with Crippen molar-refractivity contribution in [1.29, 1.82) is 0 Å². The van der Waals surface area contributed by atoms with Gasteiger partial charge in [0, 0.05) is 21.4 Å². The van der Waals surface area contributed by atoms with Crippen LogP contribution in [0, 0.1) is 6.92 Å². The molecule has 0 amide bonds. The smallest absolute Gasteiger partial charge is 0.295 e. The molecule has 0 radical (unpaired) electrons. The number of aryl methyl sites for hydroxylation is 1. The molecule has 9 heteroatoms. The van der Waals surface area contributed by atoms with Crippen molar-refractivity contribution in [2.45, 2.75) is 11.8 Å². The summed E-state index contributed by atoms with van der Waals surface area (Å²) in [4.78, 5) is 4.30. The first-order valence-corrected chi connectivity index (χ1v) is 13.1. The lowest BCUT2D eigenvalue weighted by molar-refractivity contribution is 0.484. The van der Waals surface area contributed by atoms with Gasteiger partial charge in [0.1, 0.15) is 16.3 Å². The third-order valence-corrected chi connectivity index (χ3v) is 7.08. The third-order valence-electron chi connectivity index (χ3n) is 5.93. The van der Waals surface area contributed by atoms with Gasteiger partial charge in [-0.05, 0) is 54.4 Å². The molecule has 37 heavy (non-hydrogen) atoms. The minimum atomic E-state index is -4.50. The number of halogens is 1. The lowest BCUT2D eigenvalue weighted by Gasteiger charge is -2.11. The van der Waals surface area contributed by atoms with Gasteiger partial charge >= 0.3 is 0 Å². The molecule has 0 aliphatic rings. The van der Waals surface area contributed by atoms with Crippen molar-refractivity contribution in [1.82, 2.24) is 4.98 Å². The Hall–Kier alpha value is -4.11. The highest BCUT2D eigenvalue weighted by Crippen LogP contribution is 2.37. The van der Waals surface area contributed by atoms with Gasteiger partial charge in [-0.15, -0.1) is 10.2 Å². The fourth-order valence-corrected chi connectivity index (χ4v) is 4.96. The fourth-order valence-electron chi connectivity index (χ4n) is 4.11. The van der Waals surface area contributed by atoms with Crippen LogP contribution in [0.3, 0.4) is 0 Å². The first-order chi connectivity index (χ1) is 17.7. The van der Waals surface area contributed by atoms with Gasteiger partial charge in [0.25, 0.3) is 10.1 Å². The number of nitrogen functional groups attached to an aromatic ring is 1. The van der Waals surface area contributed by atoms with Crippen LogP contribution in [-0.2, 0) is 10.1 Å². The maximum Gasteiger partial charge on any atom is 0.295 e. The van der Waals surface area contributed by atoms with Gasteiger partial charge in [-0.3, -0.25) is 9.54 Å². The van der Waals surface area contributed by atoms with E-state index in [4.69, 9.17) is 17.3 Å². The Morgan fingerprint density at radius 3 is 2.27 bits per heavy atom. The molecule has 4 aromatic carbocycles. The highest BCUT2D eigenvalue weighted by atomic mass is 35.5. The van der Waals surface area contributed by atoms with Gasteiger partial charge in [0.15, 0.2) is 0 Å². The van der Waals surface area contributed by atoms with Crippen LogP contribution in [0.4, 0.5) is 17.1 Å². The Balaban J connectivity index is 1.51. The molecule has 0 fully saturated rings. The Labute approximate surface area is 219 Å². The van der Waals surface area contributed by atoms with Crippen LogP contribution in [0.25, 0.3) is 33.2 Å². The maximum absolute atomic E-state index is 12.0. The second kappa shape index (κ2) is 9.74. The van der Waals surface area contributed by atoms with Crippen LogP contribution in [-0.4, -0.2) is 18.0 Å². The summed E-state index contributed by atoms with van der Waals surface area (Å²) in [6.07, 6.45) is 1.58. The standard InChI is InChI=1S/C28H21ClN4O3S/c1-17-6-12-21(18-7-9-19(29)10-8-18)24(14-17)25-13-11-20(16-31-25)32-33-26-15-27(37(34,35)36)22-4-2-3-5-23(22)28(26)30/h2-16H,30H2,1H3,(H,34,35,36)/b33-32+. The van der Waals surface area contributed by atoms with Crippen LogP contribution < -0.4 is 5.73 Å². The third kappa shape index (κ3) is 5.08. The van der Waals surface area contributed by atoms with Gasteiger partial charge in [-0.2, -0.15) is 8.42 Å². The van der Waals surface area contributed by atoms with Crippen LogP contribution in [0.15, 0.2) is 106 Å². The number of nitrogens with two attached hydrogens (primary N) is 1. The summed E-state index contributed by atoms with van der Waals surface area (Å²) in [6.45, 7) is 2.02. The molecule has 7 nitrogen and oxygen atoms in total. The molecular weight excluding hydrogens is 508 g/mol. The van der Waals surface area contributed by atoms with E-state index in [0.717, 1.165) is 27.9 Å². The highest BCUT2D eigenvalue weighted by Gasteiger charge is 2.18. The number of aromatic nitrogens is 1. The topological polar surface area (TPSA) is 118 Å². The molecule has 1 aromatic heterocycles. The summed E-state index contributed by atoms with van der Waals surface area (Å²) < 4.78 is 33.6. The molecule has 0 bridgehead atoms. The summed E-state index contributed by atoms with van der Waals surface area (Å²) >= 11 is 6.06. The molecule has 5 aromatic rings. The van der Waals surface area contributed by atoms with Crippen molar-refractivity contribution in [3.05, 3.63) is 102 Å². The Bertz CT molecular complexity index is 1770. The van der Waals surface area contributed by atoms with Gasteiger partial charge in [-0.1, -0.05) is 65.7 Å². The van der Waals surface area contributed by atoms with Crippen molar-refractivity contribution in [3.63, 3.8) is 0 Å². The number of hydrogen-bond acceptors (Lipinski definition) is 6. The Morgan fingerprint density at radius 1 is 0.865 bits per heavy atom. The van der Waals surface area contributed by atoms with Gasteiger partial charge in [0.05, 0.1) is 17.6 Å². The monoisotopic (exact) mass is 528 g/mol. The lowest BCUT2D eigenvalue weighted by Crippen LogP contribution is -2.01.